The van der Waals surface area contributed by atoms with Gasteiger partial charge in [0.05, 0.1) is 24.1 Å². The van der Waals surface area contributed by atoms with Crippen LogP contribution in [0.25, 0.3) is 0 Å². The number of nitrogens with zero attached hydrogens (tertiary/aromatic N) is 2. The fourth-order valence-electron chi connectivity index (χ4n) is 2.26. The molecule has 134 valence electrons. The minimum Gasteiger partial charge on any atom is -0.496 e. The van der Waals surface area contributed by atoms with Gasteiger partial charge in [0.15, 0.2) is 0 Å². The Morgan fingerprint density at radius 1 is 1.44 bits per heavy atom. The van der Waals surface area contributed by atoms with Crippen molar-refractivity contribution in [2.24, 2.45) is 0 Å². The number of nitrogens with one attached hydrogen (secondary N) is 1. The van der Waals surface area contributed by atoms with Crippen molar-refractivity contribution >= 4 is 28.6 Å². The Labute approximate surface area is 150 Å². The second-order valence-electron chi connectivity index (χ2n) is 5.75. The molecule has 0 aliphatic carbocycles. The first kappa shape index (κ1) is 18.9. The highest BCUT2D eigenvalue weighted by atomic mass is 32.1. The van der Waals surface area contributed by atoms with Crippen molar-refractivity contribution in [2.75, 3.05) is 19.5 Å². The number of amides is 1. The molecular formula is C17H21N3O4S. The lowest BCUT2D eigenvalue weighted by molar-refractivity contribution is -0.384. The van der Waals surface area contributed by atoms with Crippen LogP contribution < -0.4 is 10.1 Å². The predicted octanol–water partition coefficient (Wildman–Crippen LogP) is 3.43. The third-order valence-corrected chi connectivity index (χ3v) is 5.07. The number of methoxy groups -OCH3 is 1. The Bertz CT molecular complexity index is 775. The van der Waals surface area contributed by atoms with E-state index >= 15 is 0 Å². The molecule has 25 heavy (non-hydrogen) atoms. The molecule has 1 aromatic heterocycles. The van der Waals surface area contributed by atoms with Crippen LogP contribution in [0.5, 0.6) is 5.75 Å². The van der Waals surface area contributed by atoms with Crippen molar-refractivity contribution in [1.29, 1.82) is 0 Å². The van der Waals surface area contributed by atoms with Crippen LogP contribution in [-0.4, -0.2) is 35.9 Å². The Balaban J connectivity index is 2.10. The van der Waals surface area contributed by atoms with E-state index in [0.717, 1.165) is 0 Å². The van der Waals surface area contributed by atoms with Gasteiger partial charge in [-0.1, -0.05) is 0 Å². The maximum atomic E-state index is 12.5. The van der Waals surface area contributed by atoms with Gasteiger partial charge < -0.3 is 10.1 Å². The average molecular weight is 363 g/mol. The van der Waals surface area contributed by atoms with Crippen LogP contribution >= 0.6 is 11.3 Å². The molecule has 0 aliphatic heterocycles. The lowest BCUT2D eigenvalue weighted by Crippen LogP contribution is -2.39. The second kappa shape index (κ2) is 8.09. The van der Waals surface area contributed by atoms with E-state index in [0.29, 0.717) is 12.3 Å². The summed E-state index contributed by atoms with van der Waals surface area (Å²) < 4.78 is 5.00. The third kappa shape index (κ3) is 4.55. The monoisotopic (exact) mass is 363 g/mol. The van der Waals surface area contributed by atoms with Gasteiger partial charge in [-0.15, -0.1) is 11.3 Å². The number of benzene rings is 1. The Kier molecular flexibility index (Phi) is 6.11. The SMILES string of the molecule is COc1ccc(NC(=O)[C@H](C)N(C)Cc2sccc2C)c([N+](=O)[O-])c1. The van der Waals surface area contributed by atoms with E-state index in [1.54, 1.807) is 24.3 Å². The Morgan fingerprint density at radius 3 is 2.72 bits per heavy atom. The number of likely N-dealkylation sites (N-methyl/N-ethyl adjacent to an activating group) is 1. The molecule has 0 unspecified atom stereocenters. The molecule has 0 fully saturated rings. The molecule has 0 radical (unpaired) electrons. The molecule has 7 nitrogen and oxygen atoms in total. The van der Waals surface area contributed by atoms with Crippen molar-refractivity contribution < 1.29 is 14.5 Å². The molecule has 0 saturated carbocycles. The first-order chi connectivity index (χ1) is 11.8. The molecule has 2 aromatic rings. The highest BCUT2D eigenvalue weighted by molar-refractivity contribution is 7.10. The van der Waals surface area contributed by atoms with Gasteiger partial charge in [-0.05, 0) is 50.0 Å². The zero-order chi connectivity index (χ0) is 18.6. The fourth-order valence-corrected chi connectivity index (χ4v) is 3.23. The van der Waals surface area contributed by atoms with E-state index in [-0.39, 0.29) is 17.3 Å². The number of carbonyl (C=O) groups is 1. The van der Waals surface area contributed by atoms with E-state index in [1.165, 1.54) is 29.7 Å². The van der Waals surface area contributed by atoms with Crippen LogP contribution in [-0.2, 0) is 11.3 Å². The number of nitro groups is 1. The average Bonchev–Trinajstić information content (AvgIpc) is 2.98. The molecule has 0 aliphatic rings. The summed E-state index contributed by atoms with van der Waals surface area (Å²) in [6, 6.07) is 5.94. The minimum atomic E-state index is -0.540. The number of hydrogen-bond donors (Lipinski definition) is 1. The van der Waals surface area contributed by atoms with E-state index in [2.05, 4.69) is 5.32 Å². The molecule has 1 atom stereocenters. The maximum absolute atomic E-state index is 12.5. The van der Waals surface area contributed by atoms with Gasteiger partial charge in [-0.3, -0.25) is 19.8 Å². The fraction of sp³-hybridized carbons (Fsp3) is 0.353. The second-order valence-corrected chi connectivity index (χ2v) is 6.75. The highest BCUT2D eigenvalue weighted by Crippen LogP contribution is 2.29. The van der Waals surface area contributed by atoms with Crippen molar-refractivity contribution in [3.63, 3.8) is 0 Å². The van der Waals surface area contributed by atoms with Crippen LogP contribution in [0.15, 0.2) is 29.6 Å². The smallest absolute Gasteiger partial charge is 0.296 e. The summed E-state index contributed by atoms with van der Waals surface area (Å²) in [5.74, 6) is 0.0630. The van der Waals surface area contributed by atoms with E-state index in [9.17, 15) is 14.9 Å². The molecule has 1 amide bonds. The molecule has 0 bridgehead atoms. The summed E-state index contributed by atoms with van der Waals surface area (Å²) in [7, 11) is 3.28. The first-order valence-electron chi connectivity index (χ1n) is 7.70. The number of nitro benzene ring substituents is 1. The van der Waals surface area contributed by atoms with Gasteiger partial charge in [0.2, 0.25) is 5.91 Å². The van der Waals surface area contributed by atoms with Crippen molar-refractivity contribution in [1.82, 2.24) is 4.90 Å². The molecule has 0 spiro atoms. The number of hydrogen-bond acceptors (Lipinski definition) is 6. The summed E-state index contributed by atoms with van der Waals surface area (Å²) in [4.78, 5) is 26.3. The summed E-state index contributed by atoms with van der Waals surface area (Å²) in [5, 5.41) is 15.9. The van der Waals surface area contributed by atoms with Gasteiger partial charge in [0.1, 0.15) is 11.4 Å². The molecule has 8 heteroatoms. The van der Waals surface area contributed by atoms with Crippen LogP contribution in [0.1, 0.15) is 17.4 Å². The topological polar surface area (TPSA) is 84.7 Å². The Morgan fingerprint density at radius 2 is 2.16 bits per heavy atom. The molecular weight excluding hydrogens is 342 g/mol. The van der Waals surface area contributed by atoms with Crippen LogP contribution in [0.3, 0.4) is 0 Å². The predicted molar refractivity (Wildman–Crippen MR) is 98.3 cm³/mol. The number of carbonyl (C=O) groups excluding carboxylic acids is 1. The lowest BCUT2D eigenvalue weighted by Gasteiger charge is -2.23. The molecule has 2 rings (SSSR count). The molecule has 1 heterocycles. The third-order valence-electron chi connectivity index (χ3n) is 4.06. The summed E-state index contributed by atoms with van der Waals surface area (Å²) in [6.07, 6.45) is 0. The molecule has 0 saturated heterocycles. The number of ether oxygens (including phenoxy) is 1. The van der Waals surface area contributed by atoms with Crippen LogP contribution in [0.4, 0.5) is 11.4 Å². The molecule has 1 N–H and O–H groups in total. The van der Waals surface area contributed by atoms with Crippen molar-refractivity contribution in [3.05, 3.63) is 50.2 Å². The van der Waals surface area contributed by atoms with Crippen molar-refractivity contribution in [3.8, 4) is 5.75 Å². The zero-order valence-electron chi connectivity index (χ0n) is 14.6. The highest BCUT2D eigenvalue weighted by Gasteiger charge is 2.23. The zero-order valence-corrected chi connectivity index (χ0v) is 15.4. The summed E-state index contributed by atoms with van der Waals surface area (Å²) in [6.45, 7) is 4.45. The maximum Gasteiger partial charge on any atom is 0.296 e. The minimum absolute atomic E-state index is 0.156. The van der Waals surface area contributed by atoms with Gasteiger partial charge >= 0.3 is 0 Å². The van der Waals surface area contributed by atoms with Crippen molar-refractivity contribution in [2.45, 2.75) is 26.4 Å². The number of thiophene rings is 1. The summed E-state index contributed by atoms with van der Waals surface area (Å²) >= 11 is 1.64. The Hall–Kier alpha value is -2.45. The van der Waals surface area contributed by atoms with E-state index in [4.69, 9.17) is 4.74 Å². The van der Waals surface area contributed by atoms with E-state index < -0.39 is 11.0 Å². The van der Waals surface area contributed by atoms with Gasteiger partial charge in [-0.2, -0.15) is 0 Å². The van der Waals surface area contributed by atoms with Gasteiger partial charge in [0, 0.05) is 11.4 Å². The largest absolute Gasteiger partial charge is 0.496 e. The van der Waals surface area contributed by atoms with Gasteiger partial charge in [0.25, 0.3) is 5.69 Å². The first-order valence-corrected chi connectivity index (χ1v) is 8.58. The number of anilines is 1. The summed E-state index contributed by atoms with van der Waals surface area (Å²) in [5.41, 5.74) is 1.15. The lowest BCUT2D eigenvalue weighted by atomic mass is 10.2. The number of rotatable bonds is 7. The number of aryl methyl sites for hydroxylation is 1. The standard InChI is InChI=1S/C17H21N3O4S/c1-11-7-8-25-16(11)10-19(3)12(2)17(21)18-14-6-5-13(24-4)9-15(14)20(22)23/h5-9,12H,10H2,1-4H3,(H,18,21)/t12-/m0/s1. The van der Waals surface area contributed by atoms with Crippen LogP contribution in [0, 0.1) is 17.0 Å². The van der Waals surface area contributed by atoms with Crippen LogP contribution in [0.2, 0.25) is 0 Å². The molecule has 1 aromatic carbocycles. The van der Waals surface area contributed by atoms with Gasteiger partial charge in [-0.25, -0.2) is 0 Å². The quantitative estimate of drug-likeness (QED) is 0.602. The normalized spacial score (nSPS) is 12.0. The van der Waals surface area contributed by atoms with E-state index in [1.807, 2.05) is 30.3 Å².